The lowest BCUT2D eigenvalue weighted by Gasteiger charge is -2.46. The maximum Gasteiger partial charge on any atom is 0.290 e. The number of aryl methyl sites for hydroxylation is 1. The minimum atomic E-state index is -0.782. The van der Waals surface area contributed by atoms with Crippen LogP contribution in [0.4, 0.5) is 4.39 Å². The van der Waals surface area contributed by atoms with E-state index in [0.717, 1.165) is 6.42 Å². The summed E-state index contributed by atoms with van der Waals surface area (Å²) in [5, 5.41) is 10.8. The van der Waals surface area contributed by atoms with E-state index in [1.54, 1.807) is 19.1 Å². The number of nitrogens with zero attached hydrogens (tertiary/aromatic N) is 1. The van der Waals surface area contributed by atoms with E-state index in [-0.39, 0.29) is 17.3 Å². The number of halogens is 1. The quantitative estimate of drug-likeness (QED) is 0.946. The monoisotopic (exact) mass is 291 g/mol. The SMILES string of the molecule is CCCC1(O)CN(C(=O)c2oc3c(F)cccc3c2C)C1. The predicted molar refractivity (Wildman–Crippen MR) is 76.7 cm³/mol. The highest BCUT2D eigenvalue weighted by Gasteiger charge is 2.44. The van der Waals surface area contributed by atoms with Gasteiger partial charge in [0.05, 0.1) is 18.7 Å². The molecular formula is C16H18FNO3. The molecule has 1 aromatic carbocycles. The number of para-hydroxylation sites is 1. The first-order valence-electron chi connectivity index (χ1n) is 7.14. The molecule has 112 valence electrons. The van der Waals surface area contributed by atoms with E-state index in [4.69, 9.17) is 4.42 Å². The van der Waals surface area contributed by atoms with E-state index in [0.29, 0.717) is 30.5 Å². The van der Waals surface area contributed by atoms with Crippen LogP contribution in [0.2, 0.25) is 0 Å². The average molecular weight is 291 g/mol. The number of rotatable bonds is 3. The fourth-order valence-corrected chi connectivity index (χ4v) is 2.99. The second-order valence-electron chi connectivity index (χ2n) is 5.81. The molecule has 3 rings (SSSR count). The predicted octanol–water partition coefficient (Wildman–Crippen LogP) is 2.87. The van der Waals surface area contributed by atoms with Gasteiger partial charge in [-0.25, -0.2) is 4.39 Å². The molecule has 2 aromatic rings. The van der Waals surface area contributed by atoms with E-state index in [9.17, 15) is 14.3 Å². The zero-order valence-corrected chi connectivity index (χ0v) is 12.1. The number of furan rings is 1. The maximum atomic E-state index is 13.7. The number of aliphatic hydroxyl groups is 1. The Morgan fingerprint density at radius 2 is 2.19 bits per heavy atom. The molecule has 1 N–H and O–H groups in total. The van der Waals surface area contributed by atoms with Gasteiger partial charge in [-0.05, 0) is 19.4 Å². The Hall–Kier alpha value is -1.88. The van der Waals surface area contributed by atoms with Gasteiger partial charge < -0.3 is 14.4 Å². The summed E-state index contributed by atoms with van der Waals surface area (Å²) in [7, 11) is 0. The smallest absolute Gasteiger partial charge is 0.290 e. The van der Waals surface area contributed by atoms with Crippen molar-refractivity contribution in [1.82, 2.24) is 4.90 Å². The summed E-state index contributed by atoms with van der Waals surface area (Å²) in [6.45, 7) is 4.35. The van der Waals surface area contributed by atoms with Gasteiger partial charge in [-0.1, -0.05) is 25.5 Å². The number of hydrogen-bond acceptors (Lipinski definition) is 3. The second kappa shape index (κ2) is 4.84. The molecule has 5 heteroatoms. The Kier molecular flexibility index (Phi) is 3.24. The number of carbonyl (C=O) groups is 1. The Morgan fingerprint density at radius 3 is 2.81 bits per heavy atom. The molecule has 0 saturated carbocycles. The lowest BCUT2D eigenvalue weighted by molar-refractivity contribution is -0.0867. The topological polar surface area (TPSA) is 53.7 Å². The Morgan fingerprint density at radius 1 is 1.48 bits per heavy atom. The van der Waals surface area contributed by atoms with Crippen LogP contribution in [0, 0.1) is 12.7 Å². The Labute approximate surface area is 122 Å². The lowest BCUT2D eigenvalue weighted by Crippen LogP contribution is -2.63. The van der Waals surface area contributed by atoms with Gasteiger partial charge in [0.15, 0.2) is 17.2 Å². The average Bonchev–Trinajstić information content (AvgIpc) is 2.75. The zero-order valence-electron chi connectivity index (χ0n) is 12.1. The molecule has 0 spiro atoms. The van der Waals surface area contributed by atoms with E-state index >= 15 is 0 Å². The van der Waals surface area contributed by atoms with Crippen molar-refractivity contribution >= 4 is 16.9 Å². The molecule has 21 heavy (non-hydrogen) atoms. The van der Waals surface area contributed by atoms with Crippen LogP contribution in [0.3, 0.4) is 0 Å². The number of hydrogen-bond donors (Lipinski definition) is 1. The number of fused-ring (bicyclic) bond motifs is 1. The van der Waals surface area contributed by atoms with Gasteiger partial charge in [0.25, 0.3) is 5.91 Å². The van der Waals surface area contributed by atoms with E-state index in [1.165, 1.54) is 11.0 Å². The molecule has 4 nitrogen and oxygen atoms in total. The van der Waals surface area contributed by atoms with E-state index in [2.05, 4.69) is 0 Å². The summed E-state index contributed by atoms with van der Waals surface area (Å²) in [6, 6.07) is 4.64. The van der Waals surface area contributed by atoms with Crippen molar-refractivity contribution in [3.8, 4) is 0 Å². The molecule has 0 unspecified atom stereocenters. The van der Waals surface area contributed by atoms with Gasteiger partial charge in [0.2, 0.25) is 0 Å². The number of benzene rings is 1. The second-order valence-corrected chi connectivity index (χ2v) is 5.81. The van der Waals surface area contributed by atoms with Gasteiger partial charge in [-0.2, -0.15) is 0 Å². The number of β-amino-alcohol motifs (C(OH)–C–C–N with tert-alkyl or cyclic N) is 1. The largest absolute Gasteiger partial charge is 0.448 e. The van der Waals surface area contributed by atoms with Crippen molar-refractivity contribution in [1.29, 1.82) is 0 Å². The molecule has 0 aliphatic carbocycles. The Bertz CT molecular complexity index is 701. The highest BCUT2D eigenvalue weighted by molar-refractivity contribution is 5.99. The minimum absolute atomic E-state index is 0.114. The van der Waals surface area contributed by atoms with Crippen LogP contribution in [-0.4, -0.2) is 34.6 Å². The van der Waals surface area contributed by atoms with Crippen LogP contribution < -0.4 is 0 Å². The molecule has 1 fully saturated rings. The first-order valence-corrected chi connectivity index (χ1v) is 7.14. The van der Waals surface area contributed by atoms with E-state index in [1.807, 2.05) is 6.92 Å². The van der Waals surface area contributed by atoms with Crippen molar-refractivity contribution < 1.29 is 18.7 Å². The summed E-state index contributed by atoms with van der Waals surface area (Å²) in [6.07, 6.45) is 1.54. The number of likely N-dealkylation sites (tertiary alicyclic amines) is 1. The summed E-state index contributed by atoms with van der Waals surface area (Å²) in [5.41, 5.74) is -0.0293. The Balaban J connectivity index is 1.87. The first-order chi connectivity index (χ1) is 9.95. The van der Waals surface area contributed by atoms with Crippen molar-refractivity contribution in [2.75, 3.05) is 13.1 Å². The minimum Gasteiger partial charge on any atom is -0.448 e. The summed E-state index contributed by atoms with van der Waals surface area (Å²) in [4.78, 5) is 14.0. The summed E-state index contributed by atoms with van der Waals surface area (Å²) < 4.78 is 19.1. The maximum absolute atomic E-state index is 13.7. The summed E-state index contributed by atoms with van der Waals surface area (Å²) >= 11 is 0. The molecular weight excluding hydrogens is 273 g/mol. The first kappa shape index (κ1) is 14.1. The lowest BCUT2D eigenvalue weighted by atomic mass is 9.89. The standard InChI is InChI=1S/C16H18FNO3/c1-3-7-16(20)8-18(9-16)15(19)13-10(2)11-5-4-6-12(17)14(11)21-13/h4-6,20H,3,7-9H2,1-2H3. The third-order valence-electron chi connectivity index (χ3n) is 4.08. The molecule has 1 amide bonds. The van der Waals surface area contributed by atoms with Crippen LogP contribution in [0.1, 0.15) is 35.9 Å². The van der Waals surface area contributed by atoms with Crippen LogP contribution in [-0.2, 0) is 0 Å². The molecule has 0 radical (unpaired) electrons. The summed E-state index contributed by atoms with van der Waals surface area (Å²) in [5.74, 6) is -0.599. The van der Waals surface area contributed by atoms with Crippen molar-refractivity contribution in [3.63, 3.8) is 0 Å². The molecule has 1 aliphatic heterocycles. The molecule has 2 heterocycles. The van der Waals surface area contributed by atoms with Gasteiger partial charge in [0.1, 0.15) is 0 Å². The van der Waals surface area contributed by atoms with Crippen molar-refractivity contribution in [2.45, 2.75) is 32.3 Å². The van der Waals surface area contributed by atoms with Crippen molar-refractivity contribution in [3.05, 3.63) is 35.3 Å². The molecule has 1 aromatic heterocycles. The fourth-order valence-electron chi connectivity index (χ4n) is 2.99. The third kappa shape index (κ3) is 2.21. The normalized spacial score (nSPS) is 17.0. The highest BCUT2D eigenvalue weighted by atomic mass is 19.1. The number of carbonyl (C=O) groups excluding carboxylic acids is 1. The highest BCUT2D eigenvalue weighted by Crippen LogP contribution is 2.32. The van der Waals surface area contributed by atoms with Crippen LogP contribution in [0.15, 0.2) is 22.6 Å². The van der Waals surface area contributed by atoms with Crippen LogP contribution in [0.25, 0.3) is 11.0 Å². The molecule has 0 bridgehead atoms. The molecule has 0 atom stereocenters. The van der Waals surface area contributed by atoms with Gasteiger partial charge in [-0.15, -0.1) is 0 Å². The third-order valence-corrected chi connectivity index (χ3v) is 4.08. The van der Waals surface area contributed by atoms with Gasteiger partial charge in [-0.3, -0.25) is 4.79 Å². The van der Waals surface area contributed by atoms with Gasteiger partial charge >= 0.3 is 0 Å². The van der Waals surface area contributed by atoms with Crippen molar-refractivity contribution in [2.24, 2.45) is 0 Å². The molecule has 1 aliphatic rings. The van der Waals surface area contributed by atoms with Crippen LogP contribution in [0.5, 0.6) is 0 Å². The van der Waals surface area contributed by atoms with E-state index < -0.39 is 11.4 Å². The van der Waals surface area contributed by atoms with Crippen LogP contribution >= 0.6 is 0 Å². The molecule has 1 saturated heterocycles. The van der Waals surface area contributed by atoms with Gasteiger partial charge in [0, 0.05) is 10.9 Å². The number of amides is 1. The fraction of sp³-hybridized carbons (Fsp3) is 0.438. The zero-order chi connectivity index (χ0) is 15.2.